The van der Waals surface area contributed by atoms with Crippen molar-refractivity contribution in [3.8, 4) is 5.75 Å². The third-order valence-corrected chi connectivity index (χ3v) is 3.83. The molecule has 0 spiro atoms. The second-order valence-electron chi connectivity index (χ2n) is 5.52. The first-order chi connectivity index (χ1) is 10.0. The van der Waals surface area contributed by atoms with E-state index in [1.165, 1.54) is 6.42 Å². The number of nitrogens with two attached hydrogens (primary N) is 1. The zero-order chi connectivity index (χ0) is 15.4. The number of carbonyl (C=O) groups excluding carboxylic acids is 1. The van der Waals surface area contributed by atoms with Gasteiger partial charge in [-0.05, 0) is 30.4 Å². The van der Waals surface area contributed by atoms with Gasteiger partial charge in [-0.2, -0.15) is 0 Å². The lowest BCUT2D eigenvalue weighted by Crippen LogP contribution is -2.33. The Hall–Kier alpha value is -2.24. The van der Waals surface area contributed by atoms with Crippen molar-refractivity contribution in [1.82, 2.24) is 4.90 Å². The number of hydrogen-bond donors (Lipinski definition) is 2. The number of rotatable bonds is 6. The molecule has 1 fully saturated rings. The number of hydrogen-bond acceptors (Lipinski definition) is 4. The van der Waals surface area contributed by atoms with Crippen LogP contribution in [0.5, 0.6) is 5.75 Å². The van der Waals surface area contributed by atoms with Crippen LogP contribution in [0.15, 0.2) is 29.4 Å². The second-order valence-corrected chi connectivity index (χ2v) is 5.52. The summed E-state index contributed by atoms with van der Waals surface area (Å²) in [5, 5.41) is 11.7. The Morgan fingerprint density at radius 1 is 1.52 bits per heavy atom. The Kier molecular flexibility index (Phi) is 4.67. The largest absolute Gasteiger partial charge is 0.483 e. The second kappa shape index (κ2) is 6.47. The number of likely N-dealkylation sites (N-methyl/N-ethyl adjacent to an activating group) is 1. The maximum Gasteiger partial charge on any atom is 0.260 e. The summed E-state index contributed by atoms with van der Waals surface area (Å²) in [4.78, 5) is 13.7. The normalized spacial score (nSPS) is 21.0. The topological polar surface area (TPSA) is 88.2 Å². The van der Waals surface area contributed by atoms with Crippen LogP contribution in [0, 0.1) is 11.8 Å². The molecule has 1 aromatic carbocycles. The molecule has 1 saturated carbocycles. The van der Waals surface area contributed by atoms with E-state index >= 15 is 0 Å². The average molecular weight is 291 g/mol. The quantitative estimate of drug-likeness (QED) is 0.357. The van der Waals surface area contributed by atoms with Gasteiger partial charge >= 0.3 is 0 Å². The van der Waals surface area contributed by atoms with E-state index in [4.69, 9.17) is 15.7 Å². The molecule has 2 unspecified atom stereocenters. The van der Waals surface area contributed by atoms with Crippen LogP contribution < -0.4 is 10.5 Å². The Balaban J connectivity index is 1.92. The highest BCUT2D eigenvalue weighted by Gasteiger charge is 2.34. The van der Waals surface area contributed by atoms with Crippen LogP contribution in [0.3, 0.4) is 0 Å². The van der Waals surface area contributed by atoms with E-state index in [0.717, 1.165) is 6.54 Å². The smallest absolute Gasteiger partial charge is 0.260 e. The Bertz CT molecular complexity index is 545. The van der Waals surface area contributed by atoms with Crippen molar-refractivity contribution in [2.24, 2.45) is 22.7 Å². The number of oxime groups is 1. The molecule has 1 aliphatic carbocycles. The van der Waals surface area contributed by atoms with Crippen molar-refractivity contribution >= 4 is 11.7 Å². The summed E-state index contributed by atoms with van der Waals surface area (Å²) in [6.07, 6.45) is 1.19. The van der Waals surface area contributed by atoms with Gasteiger partial charge in [0, 0.05) is 13.6 Å². The van der Waals surface area contributed by atoms with Gasteiger partial charge in [0.2, 0.25) is 0 Å². The predicted octanol–water partition coefficient (Wildman–Crippen LogP) is 1.27. The molecule has 0 heterocycles. The zero-order valence-electron chi connectivity index (χ0n) is 12.3. The van der Waals surface area contributed by atoms with Crippen LogP contribution >= 0.6 is 0 Å². The number of amides is 1. The monoisotopic (exact) mass is 291 g/mol. The molecule has 2 atom stereocenters. The fourth-order valence-corrected chi connectivity index (χ4v) is 2.21. The summed E-state index contributed by atoms with van der Waals surface area (Å²) >= 11 is 0. The first kappa shape index (κ1) is 15.2. The lowest BCUT2D eigenvalue weighted by Gasteiger charge is -2.18. The molecular formula is C15H21N3O3. The fraction of sp³-hybridized carbons (Fsp3) is 0.467. The minimum Gasteiger partial charge on any atom is -0.483 e. The van der Waals surface area contributed by atoms with Crippen molar-refractivity contribution in [3.63, 3.8) is 0 Å². The van der Waals surface area contributed by atoms with Crippen LogP contribution in [-0.4, -0.2) is 42.0 Å². The summed E-state index contributed by atoms with van der Waals surface area (Å²) < 4.78 is 5.51. The molecule has 0 radical (unpaired) electrons. The van der Waals surface area contributed by atoms with Crippen LogP contribution in [0.1, 0.15) is 18.9 Å². The molecule has 6 nitrogen and oxygen atoms in total. The van der Waals surface area contributed by atoms with Crippen LogP contribution in [0.4, 0.5) is 0 Å². The van der Waals surface area contributed by atoms with E-state index in [-0.39, 0.29) is 18.3 Å². The summed E-state index contributed by atoms with van der Waals surface area (Å²) in [6, 6.07) is 6.88. The molecular weight excluding hydrogens is 270 g/mol. The fourth-order valence-electron chi connectivity index (χ4n) is 2.21. The van der Waals surface area contributed by atoms with Crippen molar-refractivity contribution in [3.05, 3.63) is 29.8 Å². The number of amidine groups is 1. The number of carbonyl (C=O) groups is 1. The first-order valence-electron chi connectivity index (χ1n) is 6.96. The summed E-state index contributed by atoms with van der Waals surface area (Å²) in [5.41, 5.74) is 6.04. The third-order valence-electron chi connectivity index (χ3n) is 3.83. The molecule has 2 rings (SSSR count). The highest BCUT2D eigenvalue weighted by atomic mass is 16.5. The van der Waals surface area contributed by atoms with Gasteiger partial charge in [-0.15, -0.1) is 0 Å². The van der Waals surface area contributed by atoms with Gasteiger partial charge in [0.15, 0.2) is 12.4 Å². The molecule has 0 aromatic heterocycles. The molecule has 0 saturated heterocycles. The molecule has 6 heteroatoms. The van der Waals surface area contributed by atoms with Gasteiger partial charge < -0.3 is 20.6 Å². The van der Waals surface area contributed by atoms with Gasteiger partial charge in [-0.25, -0.2) is 0 Å². The predicted molar refractivity (Wildman–Crippen MR) is 79.4 cm³/mol. The highest BCUT2D eigenvalue weighted by Crippen LogP contribution is 2.37. The summed E-state index contributed by atoms with van der Waals surface area (Å²) in [7, 11) is 1.78. The first-order valence-corrected chi connectivity index (χ1v) is 6.96. The zero-order valence-corrected chi connectivity index (χ0v) is 12.3. The average Bonchev–Trinajstić information content (AvgIpc) is 3.19. The Morgan fingerprint density at radius 2 is 2.19 bits per heavy atom. The van der Waals surface area contributed by atoms with E-state index in [2.05, 4.69) is 12.1 Å². The minimum absolute atomic E-state index is 0.0433. The molecule has 3 N–H and O–H groups in total. The third kappa shape index (κ3) is 3.87. The molecule has 1 amide bonds. The van der Waals surface area contributed by atoms with Crippen molar-refractivity contribution in [2.45, 2.75) is 13.3 Å². The highest BCUT2D eigenvalue weighted by molar-refractivity contribution is 5.99. The molecule has 21 heavy (non-hydrogen) atoms. The number of benzene rings is 1. The maximum absolute atomic E-state index is 12.0. The maximum atomic E-state index is 12.0. The Morgan fingerprint density at radius 3 is 2.81 bits per heavy atom. The van der Waals surface area contributed by atoms with Crippen molar-refractivity contribution in [2.75, 3.05) is 20.2 Å². The van der Waals surface area contributed by atoms with Gasteiger partial charge in [0.25, 0.3) is 5.91 Å². The Labute approximate surface area is 124 Å². The van der Waals surface area contributed by atoms with E-state index < -0.39 is 0 Å². The van der Waals surface area contributed by atoms with E-state index in [0.29, 0.717) is 23.1 Å². The minimum atomic E-state index is -0.0802. The lowest BCUT2D eigenvalue weighted by molar-refractivity contribution is -0.132. The SMILES string of the molecule is CC1CC1CN(C)C(=O)COc1ccccc1C(N)=NO. The van der Waals surface area contributed by atoms with Gasteiger partial charge in [0.05, 0.1) is 5.56 Å². The number of para-hydroxylation sites is 1. The van der Waals surface area contributed by atoms with Crippen molar-refractivity contribution in [1.29, 1.82) is 0 Å². The van der Waals surface area contributed by atoms with Crippen LogP contribution in [-0.2, 0) is 4.79 Å². The molecule has 114 valence electrons. The molecule has 1 aromatic rings. The van der Waals surface area contributed by atoms with E-state index in [1.807, 2.05) is 0 Å². The van der Waals surface area contributed by atoms with Gasteiger partial charge in [-0.3, -0.25) is 4.79 Å². The van der Waals surface area contributed by atoms with Gasteiger partial charge in [0.1, 0.15) is 5.75 Å². The van der Waals surface area contributed by atoms with Crippen LogP contribution in [0.25, 0.3) is 0 Å². The summed E-state index contributed by atoms with van der Waals surface area (Å²) in [6.45, 7) is 2.89. The molecule has 0 aliphatic heterocycles. The van der Waals surface area contributed by atoms with E-state index in [1.54, 1.807) is 36.2 Å². The number of nitrogens with zero attached hydrogens (tertiary/aromatic N) is 2. The summed E-state index contributed by atoms with van der Waals surface area (Å²) in [5.74, 6) is 1.63. The van der Waals surface area contributed by atoms with Gasteiger partial charge in [-0.1, -0.05) is 24.2 Å². The molecule has 0 bridgehead atoms. The van der Waals surface area contributed by atoms with E-state index in [9.17, 15) is 4.79 Å². The van der Waals surface area contributed by atoms with Crippen molar-refractivity contribution < 1.29 is 14.7 Å². The standard InChI is InChI=1S/C15H21N3O3/c1-10-7-11(10)8-18(2)14(19)9-21-13-6-4-3-5-12(13)15(16)17-20/h3-6,10-11,20H,7-9H2,1-2H3,(H2,16,17). The lowest BCUT2D eigenvalue weighted by atomic mass is 10.2. The molecule has 1 aliphatic rings. The number of ether oxygens (including phenoxy) is 1. The van der Waals surface area contributed by atoms with Crippen LogP contribution in [0.2, 0.25) is 0 Å².